The molecule has 68 valence electrons. The zero-order chi connectivity index (χ0) is 9.56. The maximum atomic E-state index is 5.85. The number of hydrogen-bond donors (Lipinski definition) is 1. The third-order valence-electron chi connectivity index (χ3n) is 1.46. The second kappa shape index (κ2) is 5.90. The normalized spacial score (nSPS) is 8.42. The predicted molar refractivity (Wildman–Crippen MR) is 57.1 cm³/mol. The monoisotopic (exact) mass is 185 g/mol. The van der Waals surface area contributed by atoms with Crippen molar-refractivity contribution in [2.45, 2.75) is 20.8 Å². The van der Waals surface area contributed by atoms with E-state index in [1.807, 2.05) is 46.0 Å². The van der Waals surface area contributed by atoms with Crippen LogP contribution in [0.25, 0.3) is 0 Å². The van der Waals surface area contributed by atoms with Gasteiger partial charge in [-0.25, -0.2) is 0 Å². The predicted octanol–water partition coefficient (Wildman–Crippen LogP) is 3.72. The Hall–Kier alpha value is -0.690. The van der Waals surface area contributed by atoms with E-state index in [9.17, 15) is 0 Å². The van der Waals surface area contributed by atoms with E-state index >= 15 is 0 Å². The lowest BCUT2D eigenvalue weighted by Crippen LogP contribution is -1.87. The molecule has 0 amide bonds. The molecule has 0 aliphatic heterocycles. The van der Waals surface area contributed by atoms with Gasteiger partial charge in [-0.15, -0.1) is 0 Å². The van der Waals surface area contributed by atoms with Crippen molar-refractivity contribution in [1.29, 1.82) is 0 Å². The van der Waals surface area contributed by atoms with Crippen LogP contribution in [0.4, 0.5) is 5.69 Å². The maximum absolute atomic E-state index is 5.85. The number of halogens is 1. The van der Waals surface area contributed by atoms with E-state index in [0.717, 1.165) is 16.3 Å². The average Bonchev–Trinajstić information content (AvgIpc) is 2.13. The first-order valence-electron chi connectivity index (χ1n) is 4.18. The molecule has 0 saturated heterocycles. The topological polar surface area (TPSA) is 12.0 Å². The standard InChI is InChI=1S/C8H10ClN.C2H6/c1-6-3-4-7(10-2)5-8(6)9;1-2/h3-5,10H,1-2H3;1-2H3. The van der Waals surface area contributed by atoms with Gasteiger partial charge in [0.1, 0.15) is 0 Å². The summed E-state index contributed by atoms with van der Waals surface area (Å²) in [5.41, 5.74) is 2.16. The summed E-state index contributed by atoms with van der Waals surface area (Å²) in [5, 5.41) is 3.82. The van der Waals surface area contributed by atoms with Gasteiger partial charge in [-0.1, -0.05) is 31.5 Å². The summed E-state index contributed by atoms with van der Waals surface area (Å²) in [6.45, 7) is 5.99. The van der Waals surface area contributed by atoms with Crippen LogP contribution in [0.15, 0.2) is 18.2 Å². The Balaban J connectivity index is 0.000000561. The van der Waals surface area contributed by atoms with Crippen molar-refractivity contribution in [2.24, 2.45) is 0 Å². The fraction of sp³-hybridized carbons (Fsp3) is 0.400. The number of nitrogens with one attached hydrogen (secondary N) is 1. The minimum atomic E-state index is 0.812. The van der Waals surface area contributed by atoms with Crippen molar-refractivity contribution >= 4 is 17.3 Å². The van der Waals surface area contributed by atoms with Crippen molar-refractivity contribution in [3.8, 4) is 0 Å². The highest BCUT2D eigenvalue weighted by Crippen LogP contribution is 2.18. The molecular weight excluding hydrogens is 170 g/mol. The largest absolute Gasteiger partial charge is 0.388 e. The fourth-order valence-electron chi connectivity index (χ4n) is 0.748. The molecule has 2 heteroatoms. The molecule has 0 aliphatic rings. The van der Waals surface area contributed by atoms with E-state index in [-0.39, 0.29) is 0 Å². The molecule has 0 unspecified atom stereocenters. The van der Waals surface area contributed by atoms with E-state index in [2.05, 4.69) is 5.32 Å². The molecule has 0 radical (unpaired) electrons. The molecule has 12 heavy (non-hydrogen) atoms. The van der Waals surface area contributed by atoms with Crippen LogP contribution >= 0.6 is 11.6 Å². The van der Waals surface area contributed by atoms with Gasteiger partial charge in [0.25, 0.3) is 0 Å². The van der Waals surface area contributed by atoms with Gasteiger partial charge < -0.3 is 5.32 Å². The SMILES string of the molecule is CC.CNc1ccc(C)c(Cl)c1. The molecule has 0 fully saturated rings. The first-order valence-corrected chi connectivity index (χ1v) is 4.55. The Kier molecular flexibility index (Phi) is 5.56. The Morgan fingerprint density at radius 3 is 2.25 bits per heavy atom. The molecule has 0 aliphatic carbocycles. The van der Waals surface area contributed by atoms with Crippen molar-refractivity contribution in [3.05, 3.63) is 28.8 Å². The van der Waals surface area contributed by atoms with E-state index in [0.29, 0.717) is 0 Å². The quantitative estimate of drug-likeness (QED) is 0.704. The van der Waals surface area contributed by atoms with Crippen molar-refractivity contribution in [1.82, 2.24) is 0 Å². The third kappa shape index (κ3) is 3.14. The van der Waals surface area contributed by atoms with E-state index in [4.69, 9.17) is 11.6 Å². The van der Waals surface area contributed by atoms with Crippen LogP contribution in [0.1, 0.15) is 19.4 Å². The zero-order valence-corrected chi connectivity index (χ0v) is 8.87. The molecular formula is C10H16ClN. The number of benzene rings is 1. The lowest BCUT2D eigenvalue weighted by atomic mass is 10.2. The molecule has 1 N–H and O–H groups in total. The molecule has 0 spiro atoms. The van der Waals surface area contributed by atoms with Gasteiger partial charge in [0.05, 0.1) is 0 Å². The van der Waals surface area contributed by atoms with Crippen LogP contribution in [0.2, 0.25) is 5.02 Å². The van der Waals surface area contributed by atoms with Gasteiger partial charge in [-0.2, -0.15) is 0 Å². The zero-order valence-electron chi connectivity index (χ0n) is 8.11. The van der Waals surface area contributed by atoms with Crippen LogP contribution < -0.4 is 5.32 Å². The van der Waals surface area contributed by atoms with Crippen LogP contribution in [-0.2, 0) is 0 Å². The van der Waals surface area contributed by atoms with Crippen molar-refractivity contribution in [2.75, 3.05) is 12.4 Å². The smallest absolute Gasteiger partial charge is 0.0455 e. The Labute approximate surface area is 79.8 Å². The highest BCUT2D eigenvalue weighted by molar-refractivity contribution is 6.31. The summed E-state index contributed by atoms with van der Waals surface area (Å²) in [5.74, 6) is 0. The van der Waals surface area contributed by atoms with Gasteiger partial charge in [0.2, 0.25) is 0 Å². The van der Waals surface area contributed by atoms with Gasteiger partial charge in [-0.05, 0) is 24.6 Å². The van der Waals surface area contributed by atoms with E-state index in [1.165, 1.54) is 0 Å². The molecule has 1 nitrogen and oxygen atoms in total. The fourth-order valence-corrected chi connectivity index (χ4v) is 0.929. The van der Waals surface area contributed by atoms with E-state index in [1.54, 1.807) is 0 Å². The molecule has 1 aromatic carbocycles. The molecule has 0 heterocycles. The highest BCUT2D eigenvalue weighted by atomic mass is 35.5. The first-order chi connectivity index (χ1) is 5.74. The summed E-state index contributed by atoms with van der Waals surface area (Å²) in [6.07, 6.45) is 0. The second-order valence-electron chi connectivity index (χ2n) is 2.21. The number of anilines is 1. The summed E-state index contributed by atoms with van der Waals surface area (Å²) in [6, 6.07) is 5.91. The van der Waals surface area contributed by atoms with Crippen LogP contribution in [0.3, 0.4) is 0 Å². The maximum Gasteiger partial charge on any atom is 0.0455 e. The molecule has 0 aromatic heterocycles. The lowest BCUT2D eigenvalue weighted by molar-refractivity contribution is 1.44. The lowest BCUT2D eigenvalue weighted by Gasteiger charge is -2.01. The minimum absolute atomic E-state index is 0.812. The molecule has 0 atom stereocenters. The van der Waals surface area contributed by atoms with Gasteiger partial charge in [-0.3, -0.25) is 0 Å². The number of aryl methyl sites for hydroxylation is 1. The molecule has 1 aromatic rings. The van der Waals surface area contributed by atoms with Crippen LogP contribution in [0.5, 0.6) is 0 Å². The van der Waals surface area contributed by atoms with Crippen LogP contribution in [-0.4, -0.2) is 7.05 Å². The Bertz CT molecular complexity index is 233. The van der Waals surface area contributed by atoms with E-state index < -0.39 is 0 Å². The average molecular weight is 186 g/mol. The second-order valence-corrected chi connectivity index (χ2v) is 2.62. The molecule has 1 rings (SSSR count). The summed E-state index contributed by atoms with van der Waals surface area (Å²) in [4.78, 5) is 0. The summed E-state index contributed by atoms with van der Waals surface area (Å²) in [7, 11) is 1.88. The van der Waals surface area contributed by atoms with Crippen molar-refractivity contribution < 1.29 is 0 Å². The Morgan fingerprint density at radius 1 is 1.25 bits per heavy atom. The molecule has 0 bridgehead atoms. The summed E-state index contributed by atoms with van der Waals surface area (Å²) < 4.78 is 0. The third-order valence-corrected chi connectivity index (χ3v) is 1.87. The Morgan fingerprint density at radius 2 is 1.83 bits per heavy atom. The van der Waals surface area contributed by atoms with Gasteiger partial charge in [0.15, 0.2) is 0 Å². The minimum Gasteiger partial charge on any atom is -0.388 e. The first kappa shape index (κ1) is 11.3. The van der Waals surface area contributed by atoms with Gasteiger partial charge in [0, 0.05) is 17.8 Å². The van der Waals surface area contributed by atoms with Crippen LogP contribution in [0, 0.1) is 6.92 Å². The summed E-state index contributed by atoms with van der Waals surface area (Å²) >= 11 is 5.85. The number of rotatable bonds is 1. The molecule has 0 saturated carbocycles. The van der Waals surface area contributed by atoms with Crippen molar-refractivity contribution in [3.63, 3.8) is 0 Å². The van der Waals surface area contributed by atoms with Gasteiger partial charge >= 0.3 is 0 Å². The highest BCUT2D eigenvalue weighted by Gasteiger charge is 1.93. The number of hydrogen-bond acceptors (Lipinski definition) is 1.